The van der Waals surface area contributed by atoms with Crippen LogP contribution in [0.4, 0.5) is 0 Å². The van der Waals surface area contributed by atoms with E-state index in [-0.39, 0.29) is 6.04 Å². The smallest absolute Gasteiger partial charge is 0.420 e. The van der Waals surface area contributed by atoms with E-state index in [1.807, 2.05) is 25.1 Å². The monoisotopic (exact) mass is 417 g/mol. The topological polar surface area (TPSA) is 118 Å². The number of ether oxygens (including phenoxy) is 1. The summed E-state index contributed by atoms with van der Waals surface area (Å²) in [6.07, 6.45) is 4.94. The molecule has 4 rings (SSSR count). The number of nitrogens with zero attached hydrogens (tertiary/aromatic N) is 3. The molecule has 2 N–H and O–H groups in total. The van der Waals surface area contributed by atoms with Crippen molar-refractivity contribution >= 4 is 33.4 Å². The highest BCUT2D eigenvalue weighted by atomic mass is 16.5. The van der Waals surface area contributed by atoms with Gasteiger partial charge in [-0.05, 0) is 44.5 Å². The van der Waals surface area contributed by atoms with Gasteiger partial charge in [-0.2, -0.15) is 0 Å². The van der Waals surface area contributed by atoms with Gasteiger partial charge in [0.15, 0.2) is 5.58 Å². The van der Waals surface area contributed by atoms with Gasteiger partial charge < -0.3 is 20.0 Å². The van der Waals surface area contributed by atoms with E-state index in [0.717, 1.165) is 5.56 Å². The minimum atomic E-state index is -0.502. The first-order valence-corrected chi connectivity index (χ1v) is 9.85. The molecule has 1 atom stereocenters. The Morgan fingerprint density at radius 2 is 1.94 bits per heavy atom. The zero-order valence-electron chi connectivity index (χ0n) is 17.8. The predicted molar refractivity (Wildman–Crippen MR) is 120 cm³/mol. The van der Waals surface area contributed by atoms with Crippen molar-refractivity contribution in [3.63, 3.8) is 0 Å². The summed E-state index contributed by atoms with van der Waals surface area (Å²) in [5.74, 6) is -0.454. The van der Waals surface area contributed by atoms with Crippen molar-refractivity contribution in [3.8, 4) is 5.75 Å². The summed E-state index contributed by atoms with van der Waals surface area (Å²) in [6, 6.07) is 7.06. The lowest BCUT2D eigenvalue weighted by molar-refractivity contribution is 0.411. The Labute approximate surface area is 178 Å². The van der Waals surface area contributed by atoms with Gasteiger partial charge in [0.05, 0.1) is 30.8 Å². The second-order valence-electron chi connectivity index (χ2n) is 7.58. The molecule has 1 aromatic carbocycles. The highest BCUT2D eigenvalue weighted by Crippen LogP contribution is 2.36. The second-order valence-corrected chi connectivity index (χ2v) is 7.58. The number of hydrogen-bond acceptors (Lipinski definition) is 7. The molecule has 0 bridgehead atoms. The van der Waals surface area contributed by atoms with E-state index in [2.05, 4.69) is 9.97 Å². The maximum absolute atomic E-state index is 12.8. The van der Waals surface area contributed by atoms with Crippen molar-refractivity contribution in [3.05, 3.63) is 64.5 Å². The molecule has 0 saturated carbocycles. The third-order valence-corrected chi connectivity index (χ3v) is 5.52. The van der Waals surface area contributed by atoms with Gasteiger partial charge in [0, 0.05) is 34.8 Å². The third kappa shape index (κ3) is 3.39. The molecule has 0 aliphatic carbocycles. The molecule has 0 aliphatic heterocycles. The van der Waals surface area contributed by atoms with Gasteiger partial charge in [-0.1, -0.05) is 6.07 Å². The van der Waals surface area contributed by atoms with Gasteiger partial charge in [-0.3, -0.25) is 14.5 Å². The summed E-state index contributed by atoms with van der Waals surface area (Å²) in [7, 11) is 1.55. The molecule has 0 aliphatic rings. The van der Waals surface area contributed by atoms with Crippen molar-refractivity contribution in [1.29, 1.82) is 10.8 Å². The Bertz CT molecular complexity index is 1360. The molecular weight excluding hydrogens is 394 g/mol. The number of oxazole rings is 1. The normalized spacial score (nSPS) is 13.3. The van der Waals surface area contributed by atoms with E-state index in [4.69, 9.17) is 20.0 Å². The standard InChI is InChI=1S/C23H23N5O3/c1-12(24)21(13(2)25)17-8-18-16(9-19(17)30-4)22-20(11-27-18)31-23(29)28(22)14(3)15-6-5-7-26-10-15/h5-11,14,21,24-25H,1-4H3. The van der Waals surface area contributed by atoms with E-state index < -0.39 is 11.7 Å². The van der Waals surface area contributed by atoms with Crippen LogP contribution in [0.1, 0.15) is 43.9 Å². The fraction of sp³-hybridized carbons (Fsp3) is 0.261. The number of pyridine rings is 2. The van der Waals surface area contributed by atoms with E-state index >= 15 is 0 Å². The molecule has 0 saturated heterocycles. The van der Waals surface area contributed by atoms with Gasteiger partial charge in [0.1, 0.15) is 11.3 Å². The van der Waals surface area contributed by atoms with Crippen LogP contribution in [0.5, 0.6) is 5.75 Å². The number of methoxy groups -OCH3 is 1. The Balaban J connectivity index is 2.03. The SMILES string of the molecule is COc1cc2c(cc1C(C(C)=N)C(C)=N)ncc1oc(=O)n(C(C)c3cccnc3)c12. The lowest BCUT2D eigenvalue weighted by Gasteiger charge is -2.19. The zero-order valence-corrected chi connectivity index (χ0v) is 17.8. The lowest BCUT2D eigenvalue weighted by Crippen LogP contribution is -2.19. The van der Waals surface area contributed by atoms with Crippen LogP contribution < -0.4 is 10.5 Å². The number of rotatable bonds is 6. The van der Waals surface area contributed by atoms with Crippen LogP contribution in [0.2, 0.25) is 0 Å². The van der Waals surface area contributed by atoms with Crippen molar-refractivity contribution in [2.75, 3.05) is 7.11 Å². The first kappa shape index (κ1) is 20.5. The third-order valence-electron chi connectivity index (χ3n) is 5.52. The molecule has 3 heterocycles. The molecule has 31 heavy (non-hydrogen) atoms. The van der Waals surface area contributed by atoms with Crippen LogP contribution in [0.15, 0.2) is 52.1 Å². The van der Waals surface area contributed by atoms with Gasteiger partial charge >= 0.3 is 5.76 Å². The number of nitrogens with one attached hydrogen (secondary N) is 2. The van der Waals surface area contributed by atoms with Crippen molar-refractivity contribution in [2.24, 2.45) is 0 Å². The molecule has 0 spiro atoms. The Morgan fingerprint density at radius 1 is 1.19 bits per heavy atom. The molecule has 8 heteroatoms. The summed E-state index contributed by atoms with van der Waals surface area (Å²) >= 11 is 0. The molecule has 0 amide bonds. The van der Waals surface area contributed by atoms with Crippen molar-refractivity contribution < 1.29 is 9.15 Å². The summed E-state index contributed by atoms with van der Waals surface area (Å²) < 4.78 is 12.7. The molecule has 158 valence electrons. The highest BCUT2D eigenvalue weighted by Gasteiger charge is 2.24. The average Bonchev–Trinajstić information content (AvgIpc) is 3.09. The largest absolute Gasteiger partial charge is 0.496 e. The van der Waals surface area contributed by atoms with Gasteiger partial charge in [0.25, 0.3) is 0 Å². The minimum Gasteiger partial charge on any atom is -0.496 e. The summed E-state index contributed by atoms with van der Waals surface area (Å²) in [4.78, 5) is 21.4. The quantitative estimate of drug-likeness (QED) is 0.453. The lowest BCUT2D eigenvalue weighted by atomic mass is 9.89. The molecule has 8 nitrogen and oxygen atoms in total. The maximum atomic E-state index is 12.8. The number of hydrogen-bond donors (Lipinski definition) is 2. The first-order chi connectivity index (χ1) is 14.8. The van der Waals surface area contributed by atoms with E-state index in [1.54, 1.807) is 44.0 Å². The fourth-order valence-electron chi connectivity index (χ4n) is 4.08. The zero-order chi connectivity index (χ0) is 22.3. The molecule has 0 fully saturated rings. The van der Waals surface area contributed by atoms with Crippen LogP contribution in [0.25, 0.3) is 22.0 Å². The predicted octanol–water partition coefficient (Wildman–Crippen LogP) is 4.32. The first-order valence-electron chi connectivity index (χ1n) is 9.85. The van der Waals surface area contributed by atoms with E-state index in [0.29, 0.717) is 44.7 Å². The molecule has 4 aromatic rings. The number of benzene rings is 1. The fourth-order valence-corrected chi connectivity index (χ4v) is 4.08. The van der Waals surface area contributed by atoms with Gasteiger partial charge in [-0.25, -0.2) is 4.79 Å². The number of aromatic nitrogens is 3. The summed E-state index contributed by atoms with van der Waals surface area (Å²) in [5.41, 5.74) is 3.88. The molecule has 1 unspecified atom stereocenters. The Kier molecular flexibility index (Phi) is 5.14. The van der Waals surface area contributed by atoms with Gasteiger partial charge in [0.2, 0.25) is 0 Å². The minimum absolute atomic E-state index is 0.306. The van der Waals surface area contributed by atoms with Gasteiger partial charge in [-0.15, -0.1) is 0 Å². The van der Waals surface area contributed by atoms with Crippen LogP contribution in [-0.4, -0.2) is 33.1 Å². The molecule has 3 aromatic heterocycles. The Morgan fingerprint density at radius 3 is 2.55 bits per heavy atom. The Hall–Kier alpha value is -3.81. The summed E-state index contributed by atoms with van der Waals surface area (Å²) in [5, 5.41) is 17.0. The van der Waals surface area contributed by atoms with Crippen LogP contribution in [0.3, 0.4) is 0 Å². The summed E-state index contributed by atoms with van der Waals surface area (Å²) in [6.45, 7) is 5.26. The molecule has 0 radical (unpaired) electrons. The highest BCUT2D eigenvalue weighted by molar-refractivity contribution is 6.10. The van der Waals surface area contributed by atoms with Crippen LogP contribution in [0, 0.1) is 10.8 Å². The van der Waals surface area contributed by atoms with Crippen LogP contribution >= 0.6 is 0 Å². The number of fused-ring (bicyclic) bond motifs is 3. The maximum Gasteiger partial charge on any atom is 0.420 e. The second kappa shape index (κ2) is 7.79. The van der Waals surface area contributed by atoms with Crippen molar-refractivity contribution in [2.45, 2.75) is 32.7 Å². The van der Waals surface area contributed by atoms with Crippen LogP contribution in [-0.2, 0) is 0 Å². The average molecular weight is 417 g/mol. The van der Waals surface area contributed by atoms with Crippen molar-refractivity contribution in [1.82, 2.24) is 14.5 Å². The molecular formula is C23H23N5O3. The van der Waals surface area contributed by atoms with E-state index in [9.17, 15) is 4.79 Å². The van der Waals surface area contributed by atoms with E-state index in [1.165, 1.54) is 6.20 Å².